The molecule has 7 rings (SSSR count). The second kappa shape index (κ2) is 16.2. The Balaban J connectivity index is 0.00000401. The first kappa shape index (κ1) is 36.2. The van der Waals surface area contributed by atoms with Crippen molar-refractivity contribution in [2.75, 3.05) is 22.9 Å². The molecule has 0 spiro atoms. The summed E-state index contributed by atoms with van der Waals surface area (Å²) in [7, 11) is -0.475. The maximum absolute atomic E-state index is 8.54. The van der Waals surface area contributed by atoms with Crippen molar-refractivity contribution in [3.8, 4) is 0 Å². The van der Waals surface area contributed by atoms with Gasteiger partial charge in [-0.05, 0) is 104 Å². The Bertz CT molecular complexity index is 1520. The van der Waals surface area contributed by atoms with Gasteiger partial charge in [0, 0.05) is 30.0 Å². The summed E-state index contributed by atoms with van der Waals surface area (Å²) in [5, 5.41) is -0.113. The third-order valence-corrected chi connectivity index (χ3v) is 16.6. The number of hydrogen-bond donors (Lipinski definition) is 0. The zero-order valence-electron chi connectivity index (χ0n) is 28.7. The standard InChI is InChI=1S/C42H51Cl2N2P.Ru/c1-31-16-12-14-24-38(31)45-28-29-46(39-25-15-13-17-32(39)2)41(45)40-36(30-33-18-6-3-7-19-33)42(44,27-26-37(40)43)47(34-20-8-4-9-21-34)35-22-10-5-11-23-35;/h3,6-7,12-19,24-25,30,34-35,37H,4-5,8-11,20-23,26-29H2,1-2H3;/q;+2. The molecule has 1 aliphatic heterocycles. The Morgan fingerprint density at radius 1 is 0.667 bits per heavy atom. The fourth-order valence-corrected chi connectivity index (χ4v) is 14.9. The van der Waals surface area contributed by atoms with Crippen molar-refractivity contribution >= 4 is 48.6 Å². The fourth-order valence-electron chi connectivity index (χ4n) is 9.05. The van der Waals surface area contributed by atoms with E-state index in [9.17, 15) is 0 Å². The number of para-hydroxylation sites is 2. The SMILES string of the molecule is Cc1ccccc1N1CCN(c2ccccc2C)C1=C1C(=Cc2ccccc2)C(Cl)(P(C2CCCCC2)C2CCCCC2)CCC1Cl.[Ru+2]. The largest absolute Gasteiger partial charge is 2.00 e. The van der Waals surface area contributed by atoms with Gasteiger partial charge in [0.1, 0.15) is 5.82 Å². The predicted molar refractivity (Wildman–Crippen MR) is 207 cm³/mol. The van der Waals surface area contributed by atoms with Crippen molar-refractivity contribution in [2.45, 2.75) is 112 Å². The molecule has 0 N–H and O–H groups in total. The van der Waals surface area contributed by atoms with Crippen molar-refractivity contribution < 1.29 is 19.5 Å². The van der Waals surface area contributed by atoms with Gasteiger partial charge < -0.3 is 9.80 Å². The Labute approximate surface area is 313 Å². The minimum Gasteiger partial charge on any atom is -0.325 e. The molecular weight excluding hydrogens is 735 g/mol. The van der Waals surface area contributed by atoms with Gasteiger partial charge >= 0.3 is 19.5 Å². The van der Waals surface area contributed by atoms with Gasteiger partial charge in [0.2, 0.25) is 0 Å². The normalized spacial score (nSPS) is 25.2. The molecule has 0 bridgehead atoms. The molecule has 4 aliphatic rings. The number of anilines is 2. The van der Waals surface area contributed by atoms with Crippen LogP contribution < -0.4 is 9.80 Å². The minimum absolute atomic E-state index is 0. The molecule has 48 heavy (non-hydrogen) atoms. The maximum atomic E-state index is 8.54. The molecule has 1 heterocycles. The second-order valence-corrected chi connectivity index (χ2v) is 18.8. The Kier molecular flexibility index (Phi) is 12.2. The number of alkyl halides is 2. The Hall–Kier alpha value is -1.63. The van der Waals surface area contributed by atoms with Crippen LogP contribution >= 0.6 is 31.1 Å². The summed E-state index contributed by atoms with van der Waals surface area (Å²) >= 11 is 16.3. The van der Waals surface area contributed by atoms with E-state index in [4.69, 9.17) is 23.2 Å². The third kappa shape index (κ3) is 7.24. The molecule has 2 nitrogen and oxygen atoms in total. The number of rotatable bonds is 6. The molecule has 0 amide bonds. The summed E-state index contributed by atoms with van der Waals surface area (Å²) in [6.07, 6.45) is 17.9. The molecule has 6 heteroatoms. The summed E-state index contributed by atoms with van der Waals surface area (Å²) in [5.41, 5.74) is 10.4. The number of hydrogen-bond acceptors (Lipinski definition) is 2. The maximum Gasteiger partial charge on any atom is 2.00 e. The zero-order valence-corrected chi connectivity index (χ0v) is 32.8. The van der Waals surface area contributed by atoms with Gasteiger partial charge in [-0.15, -0.1) is 23.2 Å². The first-order valence-corrected chi connectivity index (χ1v) is 20.5. The van der Waals surface area contributed by atoms with E-state index >= 15 is 0 Å². The molecule has 0 aromatic heterocycles. The first-order valence-electron chi connectivity index (χ1n) is 18.3. The monoisotopic (exact) mass is 786 g/mol. The summed E-state index contributed by atoms with van der Waals surface area (Å²) in [4.78, 5) is 5.13. The van der Waals surface area contributed by atoms with E-state index in [0.717, 1.165) is 37.2 Å². The van der Waals surface area contributed by atoms with Crippen LogP contribution in [0, 0.1) is 13.8 Å². The average Bonchev–Trinajstić information content (AvgIpc) is 3.52. The topological polar surface area (TPSA) is 6.48 Å². The number of benzene rings is 3. The number of halogens is 2. The van der Waals surface area contributed by atoms with Gasteiger partial charge in [0.05, 0.1) is 9.99 Å². The molecule has 4 fully saturated rings. The van der Waals surface area contributed by atoms with Crippen LogP contribution in [0.5, 0.6) is 0 Å². The van der Waals surface area contributed by atoms with Crippen molar-refractivity contribution in [1.82, 2.24) is 0 Å². The van der Waals surface area contributed by atoms with Crippen molar-refractivity contribution in [3.05, 3.63) is 113 Å². The van der Waals surface area contributed by atoms with E-state index in [-0.39, 0.29) is 24.9 Å². The third-order valence-electron chi connectivity index (χ3n) is 11.3. The summed E-state index contributed by atoms with van der Waals surface area (Å²) < 4.78 is -0.402. The molecule has 1 saturated heterocycles. The summed E-state index contributed by atoms with van der Waals surface area (Å²) in [5.74, 6) is 1.24. The first-order chi connectivity index (χ1) is 23.0. The van der Waals surface area contributed by atoms with Gasteiger partial charge in [-0.2, -0.15) is 0 Å². The molecule has 254 valence electrons. The van der Waals surface area contributed by atoms with Gasteiger partial charge in [0.25, 0.3) is 0 Å². The van der Waals surface area contributed by atoms with Crippen molar-refractivity contribution in [3.63, 3.8) is 0 Å². The quantitative estimate of drug-likeness (QED) is 0.139. The van der Waals surface area contributed by atoms with Crippen LogP contribution in [0.15, 0.2) is 95.8 Å². The van der Waals surface area contributed by atoms with Gasteiger partial charge in [0.15, 0.2) is 0 Å². The van der Waals surface area contributed by atoms with E-state index in [1.807, 2.05) is 0 Å². The smallest absolute Gasteiger partial charge is 0.325 e. The molecule has 3 aliphatic carbocycles. The van der Waals surface area contributed by atoms with E-state index in [0.29, 0.717) is 0 Å². The van der Waals surface area contributed by atoms with E-state index in [2.05, 4.69) is 109 Å². The fraction of sp³-hybridized carbons (Fsp3) is 0.476. The molecule has 0 radical (unpaired) electrons. The van der Waals surface area contributed by atoms with Crippen LogP contribution in [-0.2, 0) is 19.5 Å². The van der Waals surface area contributed by atoms with Gasteiger partial charge in [-0.25, -0.2) is 0 Å². The summed E-state index contributed by atoms with van der Waals surface area (Å²) in [6.45, 7) is 6.31. The van der Waals surface area contributed by atoms with Crippen LogP contribution in [0.1, 0.15) is 93.7 Å². The molecule has 3 aromatic rings. The van der Waals surface area contributed by atoms with Crippen LogP contribution in [0.3, 0.4) is 0 Å². The molecule has 3 aromatic carbocycles. The van der Waals surface area contributed by atoms with Gasteiger partial charge in [-0.3, -0.25) is 0 Å². The van der Waals surface area contributed by atoms with Crippen LogP contribution in [0.2, 0.25) is 0 Å². The van der Waals surface area contributed by atoms with E-state index in [1.54, 1.807) is 0 Å². The van der Waals surface area contributed by atoms with Gasteiger partial charge in [-0.1, -0.05) is 113 Å². The zero-order chi connectivity index (χ0) is 32.4. The Morgan fingerprint density at radius 2 is 1.15 bits per heavy atom. The molecule has 2 unspecified atom stereocenters. The molecular formula is C42H51Cl2N2PRu+2. The predicted octanol–water partition coefficient (Wildman–Crippen LogP) is 12.4. The van der Waals surface area contributed by atoms with Crippen LogP contribution in [0.25, 0.3) is 6.08 Å². The van der Waals surface area contributed by atoms with Crippen LogP contribution in [-0.4, -0.2) is 34.4 Å². The minimum atomic E-state index is -0.475. The van der Waals surface area contributed by atoms with E-state index < -0.39 is 12.5 Å². The number of allylic oxidation sites excluding steroid dienone is 2. The Morgan fingerprint density at radius 3 is 1.65 bits per heavy atom. The molecule has 2 atom stereocenters. The molecule has 3 saturated carbocycles. The van der Waals surface area contributed by atoms with Crippen molar-refractivity contribution in [2.24, 2.45) is 0 Å². The van der Waals surface area contributed by atoms with Crippen LogP contribution in [0.4, 0.5) is 11.4 Å². The summed E-state index contributed by atoms with van der Waals surface area (Å²) in [6, 6.07) is 28.7. The number of nitrogens with zero attached hydrogens (tertiary/aromatic N) is 2. The number of aryl methyl sites for hydroxylation is 2. The van der Waals surface area contributed by atoms with E-state index in [1.165, 1.54) is 109 Å². The van der Waals surface area contributed by atoms with Crippen molar-refractivity contribution in [1.29, 1.82) is 0 Å². The second-order valence-electron chi connectivity index (χ2n) is 14.3. The average molecular weight is 787 g/mol.